The van der Waals surface area contributed by atoms with Crippen LogP contribution in [-0.4, -0.2) is 30.1 Å². The first-order chi connectivity index (χ1) is 7.72. The zero-order chi connectivity index (χ0) is 11.6. The van der Waals surface area contributed by atoms with Crippen molar-refractivity contribution in [3.8, 4) is 0 Å². The van der Waals surface area contributed by atoms with E-state index in [9.17, 15) is 0 Å². The molecule has 2 saturated carbocycles. The number of nitrogens with two attached hydrogens (primary N) is 1. The molecule has 1 atom stereocenters. The lowest BCUT2D eigenvalue weighted by atomic mass is 9.82. The van der Waals surface area contributed by atoms with Crippen molar-refractivity contribution in [2.24, 2.45) is 11.1 Å². The molecule has 2 rings (SSSR count). The molecule has 2 aliphatic carbocycles. The van der Waals surface area contributed by atoms with Crippen molar-refractivity contribution < 1.29 is 0 Å². The van der Waals surface area contributed by atoms with E-state index in [1.807, 2.05) is 0 Å². The molecule has 0 radical (unpaired) electrons. The lowest BCUT2D eigenvalue weighted by Gasteiger charge is -2.37. The molecule has 0 aliphatic heterocycles. The molecule has 2 N–H and O–H groups in total. The molecular formula is C14H28N2. The Morgan fingerprint density at radius 2 is 1.62 bits per heavy atom. The molecule has 0 bridgehead atoms. The summed E-state index contributed by atoms with van der Waals surface area (Å²) in [5.74, 6) is 0. The molecular weight excluding hydrogens is 196 g/mol. The number of rotatable bonds is 5. The Balaban J connectivity index is 1.81. The predicted octanol–water partition coefficient (Wildman–Crippen LogP) is 2.77. The van der Waals surface area contributed by atoms with Crippen LogP contribution >= 0.6 is 0 Å². The van der Waals surface area contributed by atoms with E-state index in [-0.39, 0.29) is 0 Å². The van der Waals surface area contributed by atoms with Crippen LogP contribution in [0, 0.1) is 5.41 Å². The van der Waals surface area contributed by atoms with Crippen LogP contribution in [0.15, 0.2) is 0 Å². The molecule has 0 heterocycles. The fourth-order valence-corrected chi connectivity index (χ4v) is 3.55. The average Bonchev–Trinajstić information content (AvgIpc) is 2.89. The van der Waals surface area contributed by atoms with Crippen molar-refractivity contribution in [2.45, 2.75) is 70.9 Å². The van der Waals surface area contributed by atoms with E-state index in [1.165, 1.54) is 58.0 Å². The van der Waals surface area contributed by atoms with Gasteiger partial charge in [-0.25, -0.2) is 0 Å². The van der Waals surface area contributed by atoms with Crippen LogP contribution in [0.3, 0.4) is 0 Å². The molecule has 2 nitrogen and oxygen atoms in total. The zero-order valence-corrected chi connectivity index (χ0v) is 11.0. The first-order valence-corrected chi connectivity index (χ1v) is 7.21. The smallest absolute Gasteiger partial charge is 0.0102 e. The summed E-state index contributed by atoms with van der Waals surface area (Å²) in [5.41, 5.74) is 6.66. The highest BCUT2D eigenvalue weighted by molar-refractivity contribution is 5.08. The van der Waals surface area contributed by atoms with E-state index in [0.29, 0.717) is 11.5 Å². The van der Waals surface area contributed by atoms with Gasteiger partial charge in [-0.1, -0.05) is 13.8 Å². The molecule has 0 aromatic heterocycles. The molecule has 0 aromatic rings. The average molecular weight is 224 g/mol. The van der Waals surface area contributed by atoms with Gasteiger partial charge in [-0.2, -0.15) is 0 Å². The largest absolute Gasteiger partial charge is 0.327 e. The summed E-state index contributed by atoms with van der Waals surface area (Å²) in [6, 6.07) is 1.40. The molecule has 0 aromatic carbocycles. The maximum absolute atomic E-state index is 6.06. The Morgan fingerprint density at radius 1 is 1.12 bits per heavy atom. The lowest BCUT2D eigenvalue weighted by molar-refractivity contribution is 0.128. The lowest BCUT2D eigenvalue weighted by Crippen LogP contribution is -2.40. The van der Waals surface area contributed by atoms with E-state index < -0.39 is 0 Å². The van der Waals surface area contributed by atoms with Crippen molar-refractivity contribution >= 4 is 0 Å². The third-order valence-corrected chi connectivity index (χ3v) is 4.74. The summed E-state index contributed by atoms with van der Waals surface area (Å²) in [7, 11) is 0. The minimum absolute atomic E-state index is 0.541. The maximum Gasteiger partial charge on any atom is 0.0102 e. The maximum atomic E-state index is 6.06. The van der Waals surface area contributed by atoms with Gasteiger partial charge in [0.05, 0.1) is 0 Å². The van der Waals surface area contributed by atoms with Crippen molar-refractivity contribution in [1.82, 2.24) is 4.90 Å². The standard InChI is InChI=1S/C14H28N2/c1-3-9-16(10-4-2)12-5-7-14(8-6-12)11-13(14)15/h12-13H,3-11,15H2,1-2H3. The summed E-state index contributed by atoms with van der Waals surface area (Å²) < 4.78 is 0. The third-order valence-electron chi connectivity index (χ3n) is 4.74. The predicted molar refractivity (Wildman–Crippen MR) is 69.4 cm³/mol. The molecule has 16 heavy (non-hydrogen) atoms. The van der Waals surface area contributed by atoms with Gasteiger partial charge in [0.25, 0.3) is 0 Å². The van der Waals surface area contributed by atoms with Gasteiger partial charge in [0.15, 0.2) is 0 Å². The normalized spacial score (nSPS) is 38.2. The fraction of sp³-hybridized carbons (Fsp3) is 1.00. The van der Waals surface area contributed by atoms with Crippen molar-refractivity contribution in [3.63, 3.8) is 0 Å². The van der Waals surface area contributed by atoms with Gasteiger partial charge in [0, 0.05) is 12.1 Å². The molecule has 1 spiro atoms. The topological polar surface area (TPSA) is 29.3 Å². The van der Waals surface area contributed by atoms with Gasteiger partial charge in [-0.05, 0) is 63.5 Å². The molecule has 1 unspecified atom stereocenters. The van der Waals surface area contributed by atoms with Crippen LogP contribution in [-0.2, 0) is 0 Å². The second kappa shape index (κ2) is 5.05. The number of nitrogens with zero attached hydrogens (tertiary/aromatic N) is 1. The molecule has 2 heteroatoms. The van der Waals surface area contributed by atoms with Gasteiger partial charge < -0.3 is 10.6 Å². The van der Waals surface area contributed by atoms with E-state index in [2.05, 4.69) is 18.7 Å². The number of hydrogen-bond acceptors (Lipinski definition) is 2. The Morgan fingerprint density at radius 3 is 2.00 bits per heavy atom. The number of hydrogen-bond donors (Lipinski definition) is 1. The summed E-state index contributed by atoms with van der Waals surface area (Å²) in [6.45, 7) is 7.17. The highest BCUT2D eigenvalue weighted by atomic mass is 15.1. The summed E-state index contributed by atoms with van der Waals surface area (Å²) in [6.07, 6.45) is 9.47. The van der Waals surface area contributed by atoms with Crippen LogP contribution in [0.4, 0.5) is 0 Å². The van der Waals surface area contributed by atoms with E-state index in [0.717, 1.165) is 6.04 Å². The van der Waals surface area contributed by atoms with Crippen LogP contribution in [0.25, 0.3) is 0 Å². The SMILES string of the molecule is CCCN(CCC)C1CCC2(CC1)CC2N. The van der Waals surface area contributed by atoms with Crippen molar-refractivity contribution in [3.05, 3.63) is 0 Å². The van der Waals surface area contributed by atoms with Crippen molar-refractivity contribution in [1.29, 1.82) is 0 Å². The van der Waals surface area contributed by atoms with Crippen molar-refractivity contribution in [2.75, 3.05) is 13.1 Å². The second-order valence-corrected chi connectivity index (χ2v) is 5.94. The fourth-order valence-electron chi connectivity index (χ4n) is 3.55. The minimum Gasteiger partial charge on any atom is -0.327 e. The molecule has 2 aliphatic rings. The third kappa shape index (κ3) is 2.43. The minimum atomic E-state index is 0.541. The second-order valence-electron chi connectivity index (χ2n) is 5.94. The highest BCUT2D eigenvalue weighted by Crippen LogP contribution is 2.55. The summed E-state index contributed by atoms with van der Waals surface area (Å²) in [4.78, 5) is 2.72. The van der Waals surface area contributed by atoms with E-state index in [1.54, 1.807) is 0 Å². The van der Waals surface area contributed by atoms with Crippen LogP contribution in [0.2, 0.25) is 0 Å². The molecule has 2 fully saturated rings. The zero-order valence-electron chi connectivity index (χ0n) is 11.0. The van der Waals surface area contributed by atoms with Crippen LogP contribution < -0.4 is 5.73 Å². The first kappa shape index (κ1) is 12.4. The Labute approximate surface area is 101 Å². The van der Waals surface area contributed by atoms with Crippen LogP contribution in [0.5, 0.6) is 0 Å². The highest BCUT2D eigenvalue weighted by Gasteiger charge is 2.53. The van der Waals surface area contributed by atoms with E-state index in [4.69, 9.17) is 5.73 Å². The molecule has 0 amide bonds. The van der Waals surface area contributed by atoms with E-state index >= 15 is 0 Å². The Kier molecular flexibility index (Phi) is 3.91. The van der Waals surface area contributed by atoms with Crippen LogP contribution in [0.1, 0.15) is 58.8 Å². The summed E-state index contributed by atoms with van der Waals surface area (Å²) in [5, 5.41) is 0. The Bertz CT molecular complexity index is 213. The quantitative estimate of drug-likeness (QED) is 0.778. The molecule has 94 valence electrons. The first-order valence-electron chi connectivity index (χ1n) is 7.21. The van der Waals surface area contributed by atoms with Gasteiger partial charge >= 0.3 is 0 Å². The Hall–Kier alpha value is -0.0800. The molecule has 0 saturated heterocycles. The van der Waals surface area contributed by atoms with Gasteiger partial charge in [-0.15, -0.1) is 0 Å². The summed E-state index contributed by atoms with van der Waals surface area (Å²) >= 11 is 0. The van der Waals surface area contributed by atoms with Gasteiger partial charge in [0.2, 0.25) is 0 Å². The van der Waals surface area contributed by atoms with Gasteiger partial charge in [0.1, 0.15) is 0 Å². The monoisotopic (exact) mass is 224 g/mol. The van der Waals surface area contributed by atoms with Gasteiger partial charge in [-0.3, -0.25) is 0 Å².